The van der Waals surface area contributed by atoms with E-state index in [1.54, 1.807) is 0 Å². The first-order valence-electron chi connectivity index (χ1n) is 9.93. The van der Waals surface area contributed by atoms with Crippen LogP contribution in [0.3, 0.4) is 0 Å². The van der Waals surface area contributed by atoms with Crippen molar-refractivity contribution in [3.63, 3.8) is 0 Å². The highest BCUT2D eigenvalue weighted by atomic mass is 16.5. The molecular weight excluding hydrogens is 340 g/mol. The number of carbonyl (C=O) groups is 1. The van der Waals surface area contributed by atoms with Crippen molar-refractivity contribution >= 4 is 5.91 Å². The van der Waals surface area contributed by atoms with Gasteiger partial charge in [0.05, 0.1) is 17.0 Å². The van der Waals surface area contributed by atoms with Crippen molar-refractivity contribution in [3.05, 3.63) is 29.5 Å². The predicted octanol–water partition coefficient (Wildman–Crippen LogP) is 4.07. The minimum atomic E-state index is -0.330. The summed E-state index contributed by atoms with van der Waals surface area (Å²) < 4.78 is 5.51. The van der Waals surface area contributed by atoms with Gasteiger partial charge in [0, 0.05) is 42.6 Å². The number of likely N-dealkylation sites (tertiary alicyclic amines) is 1. The quantitative estimate of drug-likeness (QED) is 0.816. The van der Waals surface area contributed by atoms with Crippen LogP contribution in [0.5, 0.6) is 0 Å². The van der Waals surface area contributed by atoms with E-state index in [0.29, 0.717) is 11.8 Å². The summed E-state index contributed by atoms with van der Waals surface area (Å²) >= 11 is 0. The van der Waals surface area contributed by atoms with Gasteiger partial charge in [-0.2, -0.15) is 0 Å². The fourth-order valence-electron chi connectivity index (χ4n) is 3.77. The second kappa shape index (κ2) is 6.73. The van der Waals surface area contributed by atoms with Crippen LogP contribution in [-0.2, 0) is 4.79 Å². The van der Waals surface area contributed by atoms with Crippen LogP contribution in [0.2, 0.25) is 0 Å². The van der Waals surface area contributed by atoms with Crippen molar-refractivity contribution in [1.29, 1.82) is 0 Å². The van der Waals surface area contributed by atoms with E-state index in [1.165, 1.54) is 12.8 Å². The molecule has 2 aromatic heterocycles. The molecule has 2 aliphatic rings. The number of aryl methyl sites for hydroxylation is 1. The molecule has 0 bridgehead atoms. The van der Waals surface area contributed by atoms with Crippen LogP contribution < -0.4 is 0 Å². The van der Waals surface area contributed by atoms with Crippen molar-refractivity contribution in [1.82, 2.24) is 20.0 Å². The second-order valence-electron chi connectivity index (χ2n) is 8.95. The van der Waals surface area contributed by atoms with Crippen LogP contribution in [0.1, 0.15) is 75.5 Å². The molecule has 1 amide bonds. The summed E-state index contributed by atoms with van der Waals surface area (Å²) in [5, 5.41) is 4.03. The molecule has 1 saturated carbocycles. The molecule has 27 heavy (non-hydrogen) atoms. The number of hydrogen-bond acceptors (Lipinski definition) is 5. The highest BCUT2D eigenvalue weighted by Crippen LogP contribution is 2.41. The summed E-state index contributed by atoms with van der Waals surface area (Å²) in [6, 6.07) is 1.94. The molecule has 1 saturated heterocycles. The molecule has 2 aromatic rings. The number of aromatic nitrogens is 3. The Bertz CT molecular complexity index is 840. The van der Waals surface area contributed by atoms with Crippen molar-refractivity contribution in [3.8, 4) is 11.3 Å². The maximum absolute atomic E-state index is 12.6. The number of carbonyl (C=O) groups excluding carboxylic acids is 1. The smallest absolute Gasteiger partial charge is 0.227 e. The third-order valence-electron chi connectivity index (χ3n) is 5.48. The first-order chi connectivity index (χ1) is 12.8. The van der Waals surface area contributed by atoms with E-state index in [-0.39, 0.29) is 11.3 Å². The molecule has 0 N–H and O–H groups in total. The molecule has 2 fully saturated rings. The van der Waals surface area contributed by atoms with Crippen LogP contribution in [-0.4, -0.2) is 39.0 Å². The van der Waals surface area contributed by atoms with Crippen LogP contribution in [0, 0.1) is 12.3 Å². The van der Waals surface area contributed by atoms with Gasteiger partial charge in [-0.3, -0.25) is 4.79 Å². The van der Waals surface area contributed by atoms with Gasteiger partial charge >= 0.3 is 0 Å². The van der Waals surface area contributed by atoms with E-state index >= 15 is 0 Å². The summed E-state index contributed by atoms with van der Waals surface area (Å²) in [5.41, 5.74) is 2.53. The van der Waals surface area contributed by atoms with E-state index < -0.39 is 0 Å². The summed E-state index contributed by atoms with van der Waals surface area (Å²) in [6.45, 7) is 9.42. The average Bonchev–Trinajstić information content (AvgIpc) is 3.41. The van der Waals surface area contributed by atoms with E-state index in [4.69, 9.17) is 9.51 Å². The Labute approximate surface area is 160 Å². The van der Waals surface area contributed by atoms with Crippen molar-refractivity contribution in [2.75, 3.05) is 13.1 Å². The minimum Gasteiger partial charge on any atom is -0.356 e. The molecule has 1 aliphatic heterocycles. The van der Waals surface area contributed by atoms with Crippen molar-refractivity contribution in [2.24, 2.45) is 5.41 Å². The van der Waals surface area contributed by atoms with Gasteiger partial charge < -0.3 is 9.42 Å². The SMILES string of the molecule is Cc1cc(-c2cnc(C3CC3)nc2C2CCN(C(=O)C(C)(C)C)CC2)on1. The first kappa shape index (κ1) is 18.1. The van der Waals surface area contributed by atoms with E-state index in [9.17, 15) is 4.79 Å². The fraction of sp³-hybridized carbons (Fsp3) is 0.619. The summed E-state index contributed by atoms with van der Waals surface area (Å²) in [6.07, 6.45) is 6.10. The molecule has 0 atom stereocenters. The molecule has 0 unspecified atom stereocenters. The summed E-state index contributed by atoms with van der Waals surface area (Å²) in [7, 11) is 0. The molecule has 3 heterocycles. The largest absolute Gasteiger partial charge is 0.356 e. The van der Waals surface area contributed by atoms with Crippen LogP contribution in [0.25, 0.3) is 11.3 Å². The lowest BCUT2D eigenvalue weighted by atomic mass is 9.88. The molecule has 1 aliphatic carbocycles. The monoisotopic (exact) mass is 368 g/mol. The minimum absolute atomic E-state index is 0.230. The van der Waals surface area contributed by atoms with E-state index in [2.05, 4.69) is 10.1 Å². The first-order valence-corrected chi connectivity index (χ1v) is 9.93. The van der Waals surface area contributed by atoms with Gasteiger partial charge in [0.2, 0.25) is 5.91 Å². The van der Waals surface area contributed by atoms with Gasteiger partial charge in [-0.1, -0.05) is 25.9 Å². The Kier molecular flexibility index (Phi) is 4.52. The number of rotatable bonds is 3. The lowest BCUT2D eigenvalue weighted by molar-refractivity contribution is -0.140. The Hall–Kier alpha value is -2.24. The zero-order valence-corrected chi connectivity index (χ0v) is 16.7. The molecule has 0 aromatic carbocycles. The zero-order chi connectivity index (χ0) is 19.2. The van der Waals surface area contributed by atoms with Crippen molar-refractivity contribution in [2.45, 2.75) is 65.2 Å². The van der Waals surface area contributed by atoms with Gasteiger partial charge in [-0.15, -0.1) is 0 Å². The maximum Gasteiger partial charge on any atom is 0.227 e. The molecule has 6 heteroatoms. The normalized spacial score (nSPS) is 18.7. The van der Waals surface area contributed by atoms with Crippen LogP contribution in [0.15, 0.2) is 16.8 Å². The maximum atomic E-state index is 12.6. The Morgan fingerprint density at radius 1 is 1.15 bits per heavy atom. The number of nitrogens with zero attached hydrogens (tertiary/aromatic N) is 4. The molecular formula is C21H28N4O2. The number of piperidine rings is 1. The molecule has 4 rings (SSSR count). The number of hydrogen-bond donors (Lipinski definition) is 0. The topological polar surface area (TPSA) is 72.1 Å². The predicted molar refractivity (Wildman–Crippen MR) is 102 cm³/mol. The lowest BCUT2D eigenvalue weighted by Crippen LogP contribution is -2.43. The molecule has 144 valence electrons. The van der Waals surface area contributed by atoms with Crippen molar-refractivity contribution < 1.29 is 9.32 Å². The average molecular weight is 368 g/mol. The Morgan fingerprint density at radius 3 is 2.41 bits per heavy atom. The van der Waals surface area contributed by atoms with Gasteiger partial charge in [-0.25, -0.2) is 9.97 Å². The number of amides is 1. The van der Waals surface area contributed by atoms with Gasteiger partial charge in [-0.05, 0) is 32.6 Å². The molecule has 6 nitrogen and oxygen atoms in total. The summed E-state index contributed by atoms with van der Waals surface area (Å²) in [5.74, 6) is 2.75. The highest BCUT2D eigenvalue weighted by molar-refractivity contribution is 5.81. The second-order valence-corrected chi connectivity index (χ2v) is 8.95. The molecule has 0 radical (unpaired) electrons. The van der Waals surface area contributed by atoms with Gasteiger partial charge in [0.25, 0.3) is 0 Å². The fourth-order valence-corrected chi connectivity index (χ4v) is 3.77. The Balaban J connectivity index is 1.59. The van der Waals surface area contributed by atoms with E-state index in [0.717, 1.165) is 54.5 Å². The van der Waals surface area contributed by atoms with Gasteiger partial charge in [0.15, 0.2) is 5.76 Å². The highest BCUT2D eigenvalue weighted by Gasteiger charge is 2.34. The van der Waals surface area contributed by atoms with Crippen LogP contribution >= 0.6 is 0 Å². The third kappa shape index (κ3) is 3.75. The Morgan fingerprint density at radius 2 is 1.85 bits per heavy atom. The molecule has 0 spiro atoms. The standard InChI is InChI=1S/C21H28N4O2/c1-13-11-17(27-24-13)16-12-22-19(15-5-6-15)23-18(16)14-7-9-25(10-8-14)20(26)21(2,3)4/h11-12,14-15H,5-10H2,1-4H3. The summed E-state index contributed by atoms with van der Waals surface area (Å²) in [4.78, 5) is 24.1. The van der Waals surface area contributed by atoms with Gasteiger partial charge in [0.1, 0.15) is 5.82 Å². The van der Waals surface area contributed by atoms with E-state index in [1.807, 2.05) is 44.9 Å². The van der Waals surface area contributed by atoms with Crippen LogP contribution in [0.4, 0.5) is 0 Å². The zero-order valence-electron chi connectivity index (χ0n) is 16.7. The lowest BCUT2D eigenvalue weighted by Gasteiger charge is -2.36. The third-order valence-corrected chi connectivity index (χ3v) is 5.48.